The fourth-order valence-electron chi connectivity index (χ4n) is 2.04. The fraction of sp³-hybridized carbons (Fsp3) is 0.235. The Balaban J connectivity index is 1.89. The van der Waals surface area contributed by atoms with Crippen molar-refractivity contribution in [2.75, 3.05) is 26.1 Å². The van der Waals surface area contributed by atoms with Crippen molar-refractivity contribution in [1.82, 2.24) is 5.32 Å². The molecule has 0 saturated heterocycles. The molecular weight excluding hydrogens is 280 g/mol. The Morgan fingerprint density at radius 1 is 1.05 bits per heavy atom. The lowest BCUT2D eigenvalue weighted by molar-refractivity contribution is 0.252. The Labute approximate surface area is 130 Å². The molecule has 0 bridgehead atoms. The third kappa shape index (κ3) is 4.41. The molecular formula is C17H20N2O3. The van der Waals surface area contributed by atoms with E-state index in [2.05, 4.69) is 10.6 Å². The van der Waals surface area contributed by atoms with Crippen LogP contribution in [0.2, 0.25) is 0 Å². The van der Waals surface area contributed by atoms with Crippen molar-refractivity contribution < 1.29 is 14.3 Å². The zero-order chi connectivity index (χ0) is 15.8. The summed E-state index contributed by atoms with van der Waals surface area (Å²) in [5.74, 6) is 1.24. The molecule has 0 aliphatic rings. The summed E-state index contributed by atoms with van der Waals surface area (Å²) in [5.41, 5.74) is 1.75. The first-order valence-corrected chi connectivity index (χ1v) is 7.03. The summed E-state index contributed by atoms with van der Waals surface area (Å²) in [6, 6.07) is 15.0. The van der Waals surface area contributed by atoms with Crippen molar-refractivity contribution in [1.29, 1.82) is 0 Å². The van der Waals surface area contributed by atoms with Crippen LogP contribution in [0.15, 0.2) is 48.5 Å². The molecule has 0 atom stereocenters. The number of hydrogen-bond donors (Lipinski definition) is 2. The third-order valence-electron chi connectivity index (χ3n) is 3.20. The van der Waals surface area contributed by atoms with Crippen LogP contribution < -0.4 is 20.1 Å². The molecule has 5 nitrogen and oxygen atoms in total. The van der Waals surface area contributed by atoms with Crippen molar-refractivity contribution in [3.05, 3.63) is 54.1 Å². The van der Waals surface area contributed by atoms with Gasteiger partial charge in [0.05, 0.1) is 19.9 Å². The summed E-state index contributed by atoms with van der Waals surface area (Å²) >= 11 is 0. The second kappa shape index (κ2) is 7.93. The number of methoxy groups -OCH3 is 2. The van der Waals surface area contributed by atoms with E-state index in [1.165, 1.54) is 5.56 Å². The van der Waals surface area contributed by atoms with Crippen molar-refractivity contribution in [3.8, 4) is 11.5 Å². The van der Waals surface area contributed by atoms with Gasteiger partial charge in [-0.05, 0) is 24.1 Å². The van der Waals surface area contributed by atoms with Gasteiger partial charge >= 0.3 is 6.03 Å². The molecule has 2 aromatic rings. The van der Waals surface area contributed by atoms with Crippen LogP contribution in [0.3, 0.4) is 0 Å². The third-order valence-corrected chi connectivity index (χ3v) is 3.20. The summed E-state index contributed by atoms with van der Waals surface area (Å²) in [4.78, 5) is 12.0. The Morgan fingerprint density at radius 3 is 2.50 bits per heavy atom. The Hall–Kier alpha value is -2.69. The summed E-state index contributed by atoms with van der Waals surface area (Å²) in [6.07, 6.45) is 0.781. The topological polar surface area (TPSA) is 59.6 Å². The van der Waals surface area contributed by atoms with Crippen LogP contribution in [0, 0.1) is 0 Å². The number of nitrogens with one attached hydrogen (secondary N) is 2. The number of benzene rings is 2. The summed E-state index contributed by atoms with van der Waals surface area (Å²) in [5, 5.41) is 5.59. The highest BCUT2D eigenvalue weighted by Crippen LogP contribution is 2.28. The van der Waals surface area contributed by atoms with E-state index >= 15 is 0 Å². The van der Waals surface area contributed by atoms with Gasteiger partial charge in [-0.25, -0.2) is 4.79 Å². The first-order chi connectivity index (χ1) is 10.7. The molecule has 0 aliphatic carbocycles. The molecule has 0 fully saturated rings. The van der Waals surface area contributed by atoms with Crippen LogP contribution >= 0.6 is 0 Å². The molecule has 0 unspecified atom stereocenters. The molecule has 2 rings (SSSR count). The van der Waals surface area contributed by atoms with Crippen molar-refractivity contribution in [2.24, 2.45) is 0 Å². The van der Waals surface area contributed by atoms with Gasteiger partial charge in [-0.2, -0.15) is 0 Å². The number of amides is 2. The zero-order valence-electron chi connectivity index (χ0n) is 12.8. The quantitative estimate of drug-likeness (QED) is 0.862. The molecule has 5 heteroatoms. The van der Waals surface area contributed by atoms with Gasteiger partial charge < -0.3 is 20.1 Å². The van der Waals surface area contributed by atoms with Gasteiger partial charge in [0.25, 0.3) is 0 Å². The van der Waals surface area contributed by atoms with Gasteiger partial charge in [0.2, 0.25) is 0 Å². The highest BCUT2D eigenvalue weighted by Gasteiger charge is 2.08. The summed E-state index contributed by atoms with van der Waals surface area (Å²) in [7, 11) is 3.13. The molecule has 22 heavy (non-hydrogen) atoms. The number of rotatable bonds is 6. The number of carbonyl (C=O) groups is 1. The highest BCUT2D eigenvalue weighted by molar-refractivity contribution is 5.91. The van der Waals surface area contributed by atoms with Gasteiger partial charge in [0, 0.05) is 12.6 Å². The normalized spacial score (nSPS) is 9.91. The molecule has 116 valence electrons. The van der Waals surface area contributed by atoms with E-state index in [4.69, 9.17) is 9.47 Å². The van der Waals surface area contributed by atoms with Crippen LogP contribution in [0.25, 0.3) is 0 Å². The van der Waals surface area contributed by atoms with E-state index in [1.54, 1.807) is 32.4 Å². The van der Waals surface area contributed by atoms with Gasteiger partial charge in [-0.15, -0.1) is 0 Å². The van der Waals surface area contributed by atoms with Crippen LogP contribution in [-0.4, -0.2) is 26.8 Å². The molecule has 0 aliphatic heterocycles. The number of carbonyl (C=O) groups excluding carboxylic acids is 1. The molecule has 2 N–H and O–H groups in total. The molecule has 2 amide bonds. The Bertz CT molecular complexity index is 615. The van der Waals surface area contributed by atoms with E-state index in [-0.39, 0.29) is 6.03 Å². The highest BCUT2D eigenvalue weighted by atomic mass is 16.5. The van der Waals surface area contributed by atoms with E-state index in [9.17, 15) is 4.79 Å². The number of ether oxygens (including phenoxy) is 2. The number of urea groups is 1. The Morgan fingerprint density at radius 2 is 1.82 bits per heavy atom. The van der Waals surface area contributed by atoms with Gasteiger partial charge in [-0.1, -0.05) is 30.3 Å². The molecule has 0 spiro atoms. The predicted molar refractivity (Wildman–Crippen MR) is 86.7 cm³/mol. The second-order valence-electron chi connectivity index (χ2n) is 4.68. The van der Waals surface area contributed by atoms with Crippen LogP contribution in [0.4, 0.5) is 10.5 Å². The summed E-state index contributed by atoms with van der Waals surface area (Å²) in [6.45, 7) is 0.558. The molecule has 0 heterocycles. The molecule has 0 saturated carbocycles. The van der Waals surface area contributed by atoms with E-state index in [0.717, 1.165) is 6.42 Å². The van der Waals surface area contributed by atoms with Crippen LogP contribution in [0.1, 0.15) is 5.56 Å². The predicted octanol–water partition coefficient (Wildman–Crippen LogP) is 3.07. The minimum absolute atomic E-state index is 0.275. The summed E-state index contributed by atoms with van der Waals surface area (Å²) < 4.78 is 10.4. The Kier molecular flexibility index (Phi) is 5.65. The average molecular weight is 300 g/mol. The molecule has 2 aromatic carbocycles. The first kappa shape index (κ1) is 15.7. The molecule has 0 radical (unpaired) electrons. The van der Waals surface area contributed by atoms with Crippen molar-refractivity contribution in [3.63, 3.8) is 0 Å². The lowest BCUT2D eigenvalue weighted by atomic mass is 10.1. The fourth-order valence-corrected chi connectivity index (χ4v) is 2.04. The number of anilines is 1. The maximum atomic E-state index is 12.0. The monoisotopic (exact) mass is 300 g/mol. The van der Waals surface area contributed by atoms with E-state index in [1.807, 2.05) is 30.3 Å². The lowest BCUT2D eigenvalue weighted by Crippen LogP contribution is -2.30. The number of hydrogen-bond acceptors (Lipinski definition) is 3. The van der Waals surface area contributed by atoms with Crippen LogP contribution in [0.5, 0.6) is 11.5 Å². The first-order valence-electron chi connectivity index (χ1n) is 7.03. The minimum Gasteiger partial charge on any atom is -0.497 e. The smallest absolute Gasteiger partial charge is 0.319 e. The second-order valence-corrected chi connectivity index (χ2v) is 4.68. The van der Waals surface area contributed by atoms with Crippen molar-refractivity contribution in [2.45, 2.75) is 6.42 Å². The van der Waals surface area contributed by atoms with Crippen molar-refractivity contribution >= 4 is 11.7 Å². The SMILES string of the molecule is COc1ccc(OC)c(NC(=O)NCCc2ccccc2)c1. The van der Waals surface area contributed by atoms with Crippen LogP contribution in [-0.2, 0) is 6.42 Å². The minimum atomic E-state index is -0.275. The largest absolute Gasteiger partial charge is 0.497 e. The molecule has 0 aromatic heterocycles. The maximum Gasteiger partial charge on any atom is 0.319 e. The van der Waals surface area contributed by atoms with E-state index in [0.29, 0.717) is 23.7 Å². The van der Waals surface area contributed by atoms with Gasteiger partial charge in [0.1, 0.15) is 11.5 Å². The standard InChI is InChI=1S/C17H20N2O3/c1-21-14-8-9-16(22-2)15(12-14)19-17(20)18-11-10-13-6-4-3-5-7-13/h3-9,12H,10-11H2,1-2H3,(H2,18,19,20). The van der Waals surface area contributed by atoms with Gasteiger partial charge in [0.15, 0.2) is 0 Å². The lowest BCUT2D eigenvalue weighted by Gasteiger charge is -2.12. The van der Waals surface area contributed by atoms with E-state index < -0.39 is 0 Å². The maximum absolute atomic E-state index is 12.0. The average Bonchev–Trinajstić information content (AvgIpc) is 2.55. The zero-order valence-corrected chi connectivity index (χ0v) is 12.8. The van der Waals surface area contributed by atoms with Gasteiger partial charge in [-0.3, -0.25) is 0 Å².